The van der Waals surface area contributed by atoms with Gasteiger partial charge in [0.05, 0.1) is 36.4 Å². The predicted octanol–water partition coefficient (Wildman–Crippen LogP) is 6.06. The van der Waals surface area contributed by atoms with Gasteiger partial charge in [0.2, 0.25) is 0 Å². The first-order valence-corrected chi connectivity index (χ1v) is 11.8. The number of alkyl halides is 3. The van der Waals surface area contributed by atoms with Crippen LogP contribution in [0.15, 0.2) is 30.3 Å². The first-order chi connectivity index (χ1) is 17.0. The summed E-state index contributed by atoms with van der Waals surface area (Å²) in [4.78, 5) is 9.00. The third kappa shape index (κ3) is 5.75. The molecular weight excluding hydrogens is 473 g/mol. The second kappa shape index (κ2) is 10.0. The SMILES string of the molecule is COc1cc2nc(C)nc(NC(C)c3cc(N)cc(C(F)(F)F)c3)c2cc1OCCOC1(C)CCC1. The quantitative estimate of drug-likeness (QED) is 0.270. The van der Waals surface area contributed by atoms with E-state index < -0.39 is 17.8 Å². The summed E-state index contributed by atoms with van der Waals surface area (Å²) in [5, 5.41) is 3.87. The topological polar surface area (TPSA) is 91.5 Å². The molecule has 3 aromatic rings. The normalized spacial score (nSPS) is 15.9. The minimum atomic E-state index is -4.50. The Balaban J connectivity index is 1.60. The summed E-state index contributed by atoms with van der Waals surface area (Å²) in [5.41, 5.74) is 5.93. The number of nitrogens with two attached hydrogens (primary N) is 1. The van der Waals surface area contributed by atoms with Crippen LogP contribution >= 0.6 is 0 Å². The zero-order valence-electron chi connectivity index (χ0n) is 20.8. The van der Waals surface area contributed by atoms with E-state index in [1.807, 2.05) is 0 Å². The van der Waals surface area contributed by atoms with Gasteiger partial charge in [-0.3, -0.25) is 0 Å². The average Bonchev–Trinajstić information content (AvgIpc) is 2.79. The van der Waals surface area contributed by atoms with Crippen molar-refractivity contribution in [3.05, 3.63) is 47.3 Å². The monoisotopic (exact) mass is 504 g/mol. The molecule has 4 rings (SSSR count). The third-order valence-corrected chi connectivity index (χ3v) is 6.45. The van der Waals surface area contributed by atoms with Gasteiger partial charge in [-0.25, -0.2) is 9.97 Å². The first kappa shape index (κ1) is 25.8. The van der Waals surface area contributed by atoms with Crippen molar-refractivity contribution in [2.24, 2.45) is 0 Å². The summed E-state index contributed by atoms with van der Waals surface area (Å²) in [6, 6.07) is 6.54. The Hall–Kier alpha value is -3.27. The lowest BCUT2D eigenvalue weighted by Crippen LogP contribution is -2.37. The van der Waals surface area contributed by atoms with Crippen molar-refractivity contribution in [3.63, 3.8) is 0 Å². The molecular formula is C26H31F3N4O3. The summed E-state index contributed by atoms with van der Waals surface area (Å²) in [5.74, 6) is 1.98. The number of hydrogen-bond donors (Lipinski definition) is 2. The molecule has 0 spiro atoms. The molecule has 1 aliphatic rings. The highest BCUT2D eigenvalue weighted by atomic mass is 19.4. The molecule has 7 nitrogen and oxygen atoms in total. The van der Waals surface area contributed by atoms with Gasteiger partial charge in [0.15, 0.2) is 11.5 Å². The van der Waals surface area contributed by atoms with Crippen molar-refractivity contribution in [2.45, 2.75) is 57.9 Å². The number of aryl methyl sites for hydroxylation is 1. The number of halogens is 3. The zero-order valence-corrected chi connectivity index (χ0v) is 20.8. The fourth-order valence-electron chi connectivity index (χ4n) is 4.27. The maximum atomic E-state index is 13.3. The number of anilines is 2. The molecule has 0 aliphatic heterocycles. The number of nitrogens with zero attached hydrogens (tertiary/aromatic N) is 2. The average molecular weight is 505 g/mol. The number of nitrogens with one attached hydrogen (secondary N) is 1. The van der Waals surface area contributed by atoms with Gasteiger partial charge in [0.1, 0.15) is 18.2 Å². The molecule has 10 heteroatoms. The van der Waals surface area contributed by atoms with E-state index in [9.17, 15) is 13.2 Å². The van der Waals surface area contributed by atoms with Crippen molar-refractivity contribution in [2.75, 3.05) is 31.4 Å². The summed E-state index contributed by atoms with van der Waals surface area (Å²) >= 11 is 0. The van der Waals surface area contributed by atoms with Crippen LogP contribution in [0.25, 0.3) is 10.9 Å². The molecule has 3 N–H and O–H groups in total. The molecule has 0 saturated heterocycles. The summed E-state index contributed by atoms with van der Waals surface area (Å²) < 4.78 is 57.3. The van der Waals surface area contributed by atoms with Crippen LogP contribution in [0.3, 0.4) is 0 Å². The highest BCUT2D eigenvalue weighted by molar-refractivity contribution is 5.92. The Bertz CT molecular complexity index is 1250. The van der Waals surface area contributed by atoms with Crippen LogP contribution < -0.4 is 20.5 Å². The molecule has 194 valence electrons. The molecule has 1 fully saturated rings. The Morgan fingerprint density at radius 3 is 2.47 bits per heavy atom. The van der Waals surface area contributed by atoms with Crippen molar-refractivity contribution >= 4 is 22.4 Å². The van der Waals surface area contributed by atoms with Crippen LogP contribution in [-0.4, -0.2) is 35.9 Å². The van der Waals surface area contributed by atoms with Gasteiger partial charge in [-0.1, -0.05) is 0 Å². The van der Waals surface area contributed by atoms with Crippen molar-refractivity contribution in [1.82, 2.24) is 9.97 Å². The number of ether oxygens (including phenoxy) is 3. The van der Waals surface area contributed by atoms with E-state index in [0.717, 1.165) is 25.0 Å². The number of fused-ring (bicyclic) bond motifs is 1. The minimum Gasteiger partial charge on any atom is -0.493 e. The van der Waals surface area contributed by atoms with Gasteiger partial charge >= 0.3 is 6.18 Å². The maximum absolute atomic E-state index is 13.3. The fraction of sp³-hybridized carbons (Fsp3) is 0.462. The highest BCUT2D eigenvalue weighted by Gasteiger charge is 2.33. The molecule has 1 aliphatic carbocycles. The van der Waals surface area contributed by atoms with Crippen LogP contribution in [0.1, 0.15) is 56.1 Å². The molecule has 1 unspecified atom stereocenters. The minimum absolute atomic E-state index is 0.0376. The van der Waals surface area contributed by atoms with Crippen molar-refractivity contribution < 1.29 is 27.4 Å². The summed E-state index contributed by atoms with van der Waals surface area (Å²) in [7, 11) is 1.55. The molecule has 0 amide bonds. The Kier molecular flexibility index (Phi) is 7.17. The van der Waals surface area contributed by atoms with Gasteiger partial charge in [0.25, 0.3) is 0 Å². The van der Waals surface area contributed by atoms with Crippen LogP contribution in [0.2, 0.25) is 0 Å². The molecule has 1 heterocycles. The Labute approximate surface area is 208 Å². The number of aromatic nitrogens is 2. The number of methoxy groups -OCH3 is 1. The Morgan fingerprint density at radius 2 is 1.83 bits per heavy atom. The van der Waals surface area contributed by atoms with Gasteiger partial charge in [-0.05, 0) is 69.9 Å². The van der Waals surface area contributed by atoms with Gasteiger partial charge in [-0.2, -0.15) is 13.2 Å². The fourth-order valence-corrected chi connectivity index (χ4v) is 4.27. The molecule has 36 heavy (non-hydrogen) atoms. The second-order valence-electron chi connectivity index (χ2n) is 9.39. The molecule has 1 saturated carbocycles. The highest BCUT2D eigenvalue weighted by Crippen LogP contribution is 2.37. The molecule has 2 aromatic carbocycles. The lowest BCUT2D eigenvalue weighted by molar-refractivity contribution is -0.137. The first-order valence-electron chi connectivity index (χ1n) is 11.8. The lowest BCUT2D eigenvalue weighted by atomic mass is 9.82. The van der Waals surface area contributed by atoms with E-state index in [2.05, 4.69) is 22.2 Å². The zero-order chi connectivity index (χ0) is 26.1. The summed E-state index contributed by atoms with van der Waals surface area (Å²) in [6.07, 6.45) is -1.22. The number of hydrogen-bond acceptors (Lipinski definition) is 7. The Morgan fingerprint density at radius 1 is 1.08 bits per heavy atom. The smallest absolute Gasteiger partial charge is 0.416 e. The van der Waals surface area contributed by atoms with E-state index in [0.29, 0.717) is 52.8 Å². The van der Waals surface area contributed by atoms with E-state index in [1.165, 1.54) is 12.5 Å². The number of benzene rings is 2. The molecule has 1 atom stereocenters. The van der Waals surface area contributed by atoms with E-state index in [1.54, 1.807) is 33.1 Å². The maximum Gasteiger partial charge on any atom is 0.416 e. The predicted molar refractivity (Wildman–Crippen MR) is 132 cm³/mol. The van der Waals surface area contributed by atoms with Crippen LogP contribution in [0, 0.1) is 6.92 Å². The van der Waals surface area contributed by atoms with Gasteiger partial charge in [0, 0.05) is 17.1 Å². The van der Waals surface area contributed by atoms with E-state index in [-0.39, 0.29) is 11.3 Å². The number of nitrogen functional groups attached to an aromatic ring is 1. The van der Waals surface area contributed by atoms with Gasteiger partial charge < -0.3 is 25.3 Å². The van der Waals surface area contributed by atoms with Crippen LogP contribution in [0.5, 0.6) is 11.5 Å². The lowest BCUT2D eigenvalue weighted by Gasteiger charge is -2.38. The van der Waals surface area contributed by atoms with Crippen molar-refractivity contribution in [1.29, 1.82) is 0 Å². The van der Waals surface area contributed by atoms with Crippen LogP contribution in [0.4, 0.5) is 24.7 Å². The molecule has 0 bridgehead atoms. The van der Waals surface area contributed by atoms with E-state index >= 15 is 0 Å². The molecule has 1 aromatic heterocycles. The second-order valence-corrected chi connectivity index (χ2v) is 9.39. The standard InChI is InChI=1S/C26H31F3N4O3/c1-15(17-10-18(26(27,28)29)12-19(30)11-17)31-24-20-13-23(35-8-9-36-25(3)6-5-7-25)22(34-4)14-21(20)32-16(2)33-24/h10-15H,5-9,30H2,1-4H3,(H,31,32,33). The van der Waals surface area contributed by atoms with Crippen molar-refractivity contribution in [3.8, 4) is 11.5 Å². The largest absolute Gasteiger partial charge is 0.493 e. The molecule has 0 radical (unpaired) electrons. The van der Waals surface area contributed by atoms with E-state index in [4.69, 9.17) is 19.9 Å². The number of rotatable bonds is 9. The third-order valence-electron chi connectivity index (χ3n) is 6.45. The van der Waals surface area contributed by atoms with Gasteiger partial charge in [-0.15, -0.1) is 0 Å². The summed E-state index contributed by atoms with van der Waals surface area (Å²) in [6.45, 7) is 6.38. The van der Waals surface area contributed by atoms with Crippen LogP contribution in [-0.2, 0) is 10.9 Å².